The molecule has 0 bridgehead atoms. The van der Waals surface area contributed by atoms with Gasteiger partial charge in [0.05, 0.1) is 6.61 Å². The summed E-state index contributed by atoms with van der Waals surface area (Å²) >= 11 is 0. The molecule has 0 spiro atoms. The van der Waals surface area contributed by atoms with Gasteiger partial charge < -0.3 is 9.30 Å². The van der Waals surface area contributed by atoms with Gasteiger partial charge in [-0.25, -0.2) is 9.78 Å². The Morgan fingerprint density at radius 2 is 2.06 bits per heavy atom. The summed E-state index contributed by atoms with van der Waals surface area (Å²) in [5.74, 6) is 0.568. The van der Waals surface area contributed by atoms with Crippen LogP contribution in [0, 0.1) is 0 Å². The van der Waals surface area contributed by atoms with Crippen molar-refractivity contribution in [2.75, 3.05) is 6.61 Å². The van der Waals surface area contributed by atoms with Crippen molar-refractivity contribution >= 4 is 5.97 Å². The van der Waals surface area contributed by atoms with E-state index in [2.05, 4.69) is 25.8 Å². The van der Waals surface area contributed by atoms with Crippen LogP contribution in [0.3, 0.4) is 0 Å². The van der Waals surface area contributed by atoms with Crippen molar-refractivity contribution in [3.05, 3.63) is 17.7 Å². The first kappa shape index (κ1) is 12.7. The average molecular weight is 224 g/mol. The first-order valence-electron chi connectivity index (χ1n) is 5.65. The van der Waals surface area contributed by atoms with Gasteiger partial charge >= 0.3 is 5.97 Å². The van der Waals surface area contributed by atoms with E-state index in [0.717, 1.165) is 12.4 Å². The van der Waals surface area contributed by atoms with Crippen molar-refractivity contribution in [3.63, 3.8) is 0 Å². The molecule has 0 saturated carbocycles. The molecule has 0 aliphatic heterocycles. The van der Waals surface area contributed by atoms with Gasteiger partial charge in [-0.05, 0) is 13.8 Å². The smallest absolute Gasteiger partial charge is 0.358 e. The van der Waals surface area contributed by atoms with E-state index in [4.69, 9.17) is 4.74 Å². The van der Waals surface area contributed by atoms with Gasteiger partial charge in [0.2, 0.25) is 0 Å². The second-order valence-corrected chi connectivity index (χ2v) is 4.71. The number of imidazole rings is 1. The lowest BCUT2D eigenvalue weighted by Crippen LogP contribution is -2.18. The molecule has 0 amide bonds. The van der Waals surface area contributed by atoms with Crippen LogP contribution >= 0.6 is 0 Å². The van der Waals surface area contributed by atoms with Gasteiger partial charge in [0, 0.05) is 18.2 Å². The molecular formula is C12H20N2O2. The van der Waals surface area contributed by atoms with Crippen LogP contribution in [0.1, 0.15) is 50.9 Å². The number of aryl methyl sites for hydroxylation is 1. The fourth-order valence-electron chi connectivity index (χ4n) is 1.56. The van der Waals surface area contributed by atoms with Crippen molar-refractivity contribution in [1.82, 2.24) is 9.55 Å². The highest BCUT2D eigenvalue weighted by molar-refractivity contribution is 5.87. The monoisotopic (exact) mass is 224 g/mol. The van der Waals surface area contributed by atoms with Crippen molar-refractivity contribution in [2.24, 2.45) is 0 Å². The van der Waals surface area contributed by atoms with E-state index in [-0.39, 0.29) is 11.4 Å². The molecule has 1 heterocycles. The molecule has 16 heavy (non-hydrogen) atoms. The summed E-state index contributed by atoms with van der Waals surface area (Å²) < 4.78 is 6.93. The average Bonchev–Trinajstić information content (AvgIpc) is 2.61. The predicted molar refractivity (Wildman–Crippen MR) is 62.6 cm³/mol. The number of rotatable bonds is 3. The molecule has 0 aromatic carbocycles. The van der Waals surface area contributed by atoms with E-state index in [1.807, 2.05) is 11.5 Å². The number of hydrogen-bond donors (Lipinski definition) is 0. The third-order valence-electron chi connectivity index (χ3n) is 2.27. The first-order valence-corrected chi connectivity index (χ1v) is 5.65. The fraction of sp³-hybridized carbons (Fsp3) is 0.667. The van der Waals surface area contributed by atoms with Crippen LogP contribution in [0.2, 0.25) is 0 Å². The zero-order valence-electron chi connectivity index (χ0n) is 10.7. The van der Waals surface area contributed by atoms with Crippen LogP contribution in [-0.4, -0.2) is 22.1 Å². The highest BCUT2D eigenvalue weighted by Crippen LogP contribution is 2.21. The molecule has 0 fully saturated rings. The SMILES string of the molecule is CCOC(=O)c1cn(CC)c(C(C)(C)C)n1. The van der Waals surface area contributed by atoms with Crippen LogP contribution in [0.15, 0.2) is 6.20 Å². The lowest BCUT2D eigenvalue weighted by molar-refractivity contribution is 0.0520. The topological polar surface area (TPSA) is 44.1 Å². The minimum atomic E-state index is -0.347. The number of nitrogens with zero attached hydrogens (tertiary/aromatic N) is 2. The number of carbonyl (C=O) groups excluding carboxylic acids is 1. The predicted octanol–water partition coefficient (Wildman–Crippen LogP) is 2.38. The summed E-state index contributed by atoms with van der Waals surface area (Å²) in [4.78, 5) is 15.9. The molecule has 0 radical (unpaired) electrons. The maximum atomic E-state index is 11.6. The summed E-state index contributed by atoms with van der Waals surface area (Å²) in [5, 5.41) is 0. The van der Waals surface area contributed by atoms with Crippen LogP contribution in [0.5, 0.6) is 0 Å². The lowest BCUT2D eigenvalue weighted by Gasteiger charge is -2.18. The van der Waals surface area contributed by atoms with E-state index in [1.54, 1.807) is 13.1 Å². The molecule has 0 N–H and O–H groups in total. The molecule has 90 valence electrons. The second-order valence-electron chi connectivity index (χ2n) is 4.71. The third kappa shape index (κ3) is 2.62. The Kier molecular flexibility index (Phi) is 3.73. The Bertz CT molecular complexity index is 375. The van der Waals surface area contributed by atoms with E-state index >= 15 is 0 Å². The fourth-order valence-corrected chi connectivity index (χ4v) is 1.56. The molecule has 0 aliphatic rings. The van der Waals surface area contributed by atoms with E-state index in [0.29, 0.717) is 12.3 Å². The zero-order valence-corrected chi connectivity index (χ0v) is 10.7. The maximum Gasteiger partial charge on any atom is 0.358 e. The highest BCUT2D eigenvalue weighted by Gasteiger charge is 2.23. The van der Waals surface area contributed by atoms with E-state index in [9.17, 15) is 4.79 Å². The summed E-state index contributed by atoms with van der Waals surface area (Å²) in [5.41, 5.74) is 0.328. The summed E-state index contributed by atoms with van der Waals surface area (Å²) in [7, 11) is 0. The van der Waals surface area contributed by atoms with E-state index in [1.165, 1.54) is 0 Å². The minimum Gasteiger partial charge on any atom is -0.461 e. The van der Waals surface area contributed by atoms with Crippen molar-refractivity contribution in [3.8, 4) is 0 Å². The van der Waals surface area contributed by atoms with Crippen molar-refractivity contribution < 1.29 is 9.53 Å². The Balaban J connectivity index is 3.08. The van der Waals surface area contributed by atoms with Crippen LogP contribution < -0.4 is 0 Å². The Labute approximate surface area is 96.6 Å². The largest absolute Gasteiger partial charge is 0.461 e. The van der Waals surface area contributed by atoms with Crippen LogP contribution in [0.25, 0.3) is 0 Å². The summed E-state index contributed by atoms with van der Waals surface area (Å²) in [6.07, 6.45) is 1.76. The number of aromatic nitrogens is 2. The molecule has 0 unspecified atom stereocenters. The van der Waals surface area contributed by atoms with Crippen LogP contribution in [0.4, 0.5) is 0 Å². The third-order valence-corrected chi connectivity index (χ3v) is 2.27. The second kappa shape index (κ2) is 4.68. The van der Waals surface area contributed by atoms with Gasteiger partial charge in [-0.1, -0.05) is 20.8 Å². The molecule has 1 rings (SSSR count). The summed E-state index contributed by atoms with van der Waals surface area (Å²) in [6, 6.07) is 0. The standard InChI is InChI=1S/C12H20N2O2/c1-6-14-8-9(10(15)16-7-2)13-11(14)12(3,4)5/h8H,6-7H2,1-5H3. The molecule has 1 aromatic rings. The number of esters is 1. The molecule has 0 atom stereocenters. The van der Waals surface area contributed by atoms with Gasteiger partial charge in [0.25, 0.3) is 0 Å². The minimum absolute atomic E-state index is 0.0687. The zero-order chi connectivity index (χ0) is 12.3. The van der Waals surface area contributed by atoms with Crippen LogP contribution in [-0.2, 0) is 16.7 Å². The van der Waals surface area contributed by atoms with Gasteiger partial charge in [-0.3, -0.25) is 0 Å². The molecule has 1 aromatic heterocycles. The Hall–Kier alpha value is -1.32. The first-order chi connectivity index (χ1) is 7.40. The van der Waals surface area contributed by atoms with Gasteiger partial charge in [0.15, 0.2) is 5.69 Å². The molecular weight excluding hydrogens is 204 g/mol. The van der Waals surface area contributed by atoms with E-state index < -0.39 is 0 Å². The van der Waals surface area contributed by atoms with Crippen molar-refractivity contribution in [1.29, 1.82) is 0 Å². The lowest BCUT2D eigenvalue weighted by atomic mass is 9.96. The number of carbonyl (C=O) groups is 1. The number of hydrogen-bond acceptors (Lipinski definition) is 3. The Morgan fingerprint density at radius 1 is 1.44 bits per heavy atom. The summed E-state index contributed by atoms with van der Waals surface area (Å²) in [6.45, 7) is 11.2. The van der Waals surface area contributed by atoms with Crippen molar-refractivity contribution in [2.45, 2.75) is 46.6 Å². The Morgan fingerprint density at radius 3 is 2.44 bits per heavy atom. The van der Waals surface area contributed by atoms with Gasteiger partial charge in [-0.2, -0.15) is 0 Å². The highest BCUT2D eigenvalue weighted by atomic mass is 16.5. The maximum absolute atomic E-state index is 11.6. The normalized spacial score (nSPS) is 11.6. The number of ether oxygens (including phenoxy) is 1. The molecule has 0 aliphatic carbocycles. The van der Waals surface area contributed by atoms with Gasteiger partial charge in [0.1, 0.15) is 5.82 Å². The quantitative estimate of drug-likeness (QED) is 0.740. The molecule has 4 nitrogen and oxygen atoms in total. The molecule has 0 saturated heterocycles. The molecule has 4 heteroatoms. The van der Waals surface area contributed by atoms with Gasteiger partial charge in [-0.15, -0.1) is 0 Å².